The summed E-state index contributed by atoms with van der Waals surface area (Å²) in [5.74, 6) is 0.0333. The molecule has 1 aromatic carbocycles. The van der Waals surface area contributed by atoms with Crippen molar-refractivity contribution in [2.24, 2.45) is 0 Å². The summed E-state index contributed by atoms with van der Waals surface area (Å²) in [4.78, 5) is 12.3. The molecule has 0 radical (unpaired) electrons. The summed E-state index contributed by atoms with van der Waals surface area (Å²) in [6, 6.07) is 8.54. The molecule has 0 saturated carbocycles. The number of hydrogen-bond donors (Lipinski definition) is 2. The third kappa shape index (κ3) is 3.60. The second-order valence-corrected chi connectivity index (χ2v) is 6.79. The van der Waals surface area contributed by atoms with Gasteiger partial charge in [-0.05, 0) is 49.4 Å². The van der Waals surface area contributed by atoms with Crippen molar-refractivity contribution in [1.82, 2.24) is 10.6 Å². The van der Waals surface area contributed by atoms with Gasteiger partial charge in [-0.2, -0.15) is 0 Å². The van der Waals surface area contributed by atoms with Gasteiger partial charge in [-0.3, -0.25) is 4.79 Å². The number of carbonyl (C=O) groups excluding carboxylic acids is 1. The predicted molar refractivity (Wildman–Crippen MR) is 83.1 cm³/mol. The first-order chi connectivity index (χ1) is 9.38. The maximum Gasteiger partial charge on any atom is 0.251 e. The van der Waals surface area contributed by atoms with E-state index in [1.54, 1.807) is 0 Å². The minimum absolute atomic E-state index is 0.0333. The van der Waals surface area contributed by atoms with Crippen LogP contribution in [0.2, 0.25) is 0 Å². The fourth-order valence-corrected chi connectivity index (χ4v) is 2.61. The van der Waals surface area contributed by atoms with Gasteiger partial charge in [0.2, 0.25) is 0 Å². The molecule has 20 heavy (non-hydrogen) atoms. The van der Waals surface area contributed by atoms with Crippen LogP contribution in [0, 0.1) is 0 Å². The SMILES string of the molecule is CC1NCCCC1NC(=O)c1ccc(C(C)(C)C)cc1. The monoisotopic (exact) mass is 274 g/mol. The maximum absolute atomic E-state index is 12.3. The smallest absolute Gasteiger partial charge is 0.251 e. The molecule has 0 bridgehead atoms. The number of nitrogens with one attached hydrogen (secondary N) is 2. The standard InChI is InChI=1S/C17H26N2O/c1-12-15(6-5-11-18-12)19-16(20)13-7-9-14(10-8-13)17(2,3)4/h7-10,12,15,18H,5-6,11H2,1-4H3,(H,19,20). The average molecular weight is 274 g/mol. The highest BCUT2D eigenvalue weighted by atomic mass is 16.1. The van der Waals surface area contributed by atoms with Crippen LogP contribution in [0.1, 0.15) is 56.5 Å². The Bertz CT molecular complexity index is 459. The summed E-state index contributed by atoms with van der Waals surface area (Å²) >= 11 is 0. The molecule has 0 aliphatic carbocycles. The van der Waals surface area contributed by atoms with Gasteiger partial charge in [0, 0.05) is 17.6 Å². The van der Waals surface area contributed by atoms with Crippen LogP contribution in [0.3, 0.4) is 0 Å². The van der Waals surface area contributed by atoms with Gasteiger partial charge in [0.25, 0.3) is 5.91 Å². The Morgan fingerprint density at radius 2 is 1.90 bits per heavy atom. The molecule has 110 valence electrons. The highest BCUT2D eigenvalue weighted by Crippen LogP contribution is 2.22. The van der Waals surface area contributed by atoms with E-state index >= 15 is 0 Å². The van der Waals surface area contributed by atoms with Gasteiger partial charge in [-0.25, -0.2) is 0 Å². The van der Waals surface area contributed by atoms with E-state index in [1.165, 1.54) is 5.56 Å². The minimum atomic E-state index is 0.0333. The summed E-state index contributed by atoms with van der Waals surface area (Å²) in [6.45, 7) is 9.72. The molecule has 1 heterocycles. The van der Waals surface area contributed by atoms with Crippen LogP contribution in [0.15, 0.2) is 24.3 Å². The summed E-state index contributed by atoms with van der Waals surface area (Å²) in [7, 11) is 0. The molecule has 2 atom stereocenters. The number of hydrogen-bond acceptors (Lipinski definition) is 2. The third-order valence-corrected chi connectivity index (χ3v) is 4.09. The van der Waals surface area contributed by atoms with E-state index in [9.17, 15) is 4.79 Å². The second-order valence-electron chi connectivity index (χ2n) is 6.79. The Balaban J connectivity index is 2.02. The number of carbonyl (C=O) groups is 1. The van der Waals surface area contributed by atoms with Gasteiger partial charge < -0.3 is 10.6 Å². The fourth-order valence-electron chi connectivity index (χ4n) is 2.61. The molecule has 3 nitrogen and oxygen atoms in total. The highest BCUT2D eigenvalue weighted by Gasteiger charge is 2.23. The van der Waals surface area contributed by atoms with E-state index in [0.29, 0.717) is 6.04 Å². The molecule has 1 aliphatic heterocycles. The van der Waals surface area contributed by atoms with Crippen LogP contribution in [0.25, 0.3) is 0 Å². The molecule has 3 heteroatoms. The number of amides is 1. The summed E-state index contributed by atoms with van der Waals surface area (Å²) in [5, 5.41) is 6.54. The van der Waals surface area contributed by atoms with E-state index in [0.717, 1.165) is 24.9 Å². The van der Waals surface area contributed by atoms with Gasteiger partial charge in [-0.1, -0.05) is 32.9 Å². The lowest BCUT2D eigenvalue weighted by Crippen LogP contribution is -2.51. The van der Waals surface area contributed by atoms with Crippen molar-refractivity contribution in [2.45, 2.75) is 58.0 Å². The zero-order chi connectivity index (χ0) is 14.8. The number of piperidine rings is 1. The largest absolute Gasteiger partial charge is 0.348 e. The first kappa shape index (κ1) is 15.0. The molecule has 2 N–H and O–H groups in total. The predicted octanol–water partition coefficient (Wildman–Crippen LogP) is 2.85. The van der Waals surface area contributed by atoms with Crippen molar-refractivity contribution in [2.75, 3.05) is 6.54 Å². The van der Waals surface area contributed by atoms with E-state index < -0.39 is 0 Å². The zero-order valence-electron chi connectivity index (χ0n) is 13.0. The van der Waals surface area contributed by atoms with Crippen LogP contribution in [0.5, 0.6) is 0 Å². The lowest BCUT2D eigenvalue weighted by Gasteiger charge is -2.30. The Hall–Kier alpha value is -1.35. The van der Waals surface area contributed by atoms with Crippen molar-refractivity contribution >= 4 is 5.91 Å². The van der Waals surface area contributed by atoms with E-state index in [-0.39, 0.29) is 17.4 Å². The first-order valence-corrected chi connectivity index (χ1v) is 7.53. The minimum Gasteiger partial charge on any atom is -0.348 e. The van der Waals surface area contributed by atoms with E-state index in [1.807, 2.05) is 12.1 Å². The van der Waals surface area contributed by atoms with Crippen molar-refractivity contribution in [1.29, 1.82) is 0 Å². The Labute approximate surface area is 122 Å². The summed E-state index contributed by atoms with van der Waals surface area (Å²) in [5.41, 5.74) is 2.12. The fraction of sp³-hybridized carbons (Fsp3) is 0.588. The quantitative estimate of drug-likeness (QED) is 0.870. The molecule has 0 aromatic heterocycles. The molecule has 1 aliphatic rings. The molecule has 0 spiro atoms. The molecule has 1 aromatic rings. The van der Waals surface area contributed by atoms with Gasteiger partial charge >= 0.3 is 0 Å². The van der Waals surface area contributed by atoms with Crippen molar-refractivity contribution < 1.29 is 4.79 Å². The molecule has 1 fully saturated rings. The van der Waals surface area contributed by atoms with Crippen molar-refractivity contribution in [3.05, 3.63) is 35.4 Å². The molecular formula is C17H26N2O. The maximum atomic E-state index is 12.3. The van der Waals surface area contributed by atoms with Gasteiger partial charge in [0.1, 0.15) is 0 Å². The van der Waals surface area contributed by atoms with Gasteiger partial charge in [0.15, 0.2) is 0 Å². The summed E-state index contributed by atoms with van der Waals surface area (Å²) in [6.07, 6.45) is 2.18. The number of rotatable bonds is 2. The highest BCUT2D eigenvalue weighted by molar-refractivity contribution is 5.94. The molecule has 2 rings (SSSR count). The average Bonchev–Trinajstić information content (AvgIpc) is 2.40. The second kappa shape index (κ2) is 5.96. The third-order valence-electron chi connectivity index (χ3n) is 4.09. The van der Waals surface area contributed by atoms with Crippen LogP contribution in [-0.2, 0) is 5.41 Å². The lowest BCUT2D eigenvalue weighted by atomic mass is 9.86. The van der Waals surface area contributed by atoms with Crippen LogP contribution in [0.4, 0.5) is 0 Å². The molecule has 1 saturated heterocycles. The number of benzene rings is 1. The molecule has 1 amide bonds. The first-order valence-electron chi connectivity index (χ1n) is 7.53. The Morgan fingerprint density at radius 3 is 2.45 bits per heavy atom. The van der Waals surface area contributed by atoms with E-state index in [2.05, 4.69) is 50.5 Å². The topological polar surface area (TPSA) is 41.1 Å². The van der Waals surface area contributed by atoms with Crippen molar-refractivity contribution in [3.63, 3.8) is 0 Å². The van der Waals surface area contributed by atoms with Gasteiger partial charge in [0.05, 0.1) is 0 Å². The summed E-state index contributed by atoms with van der Waals surface area (Å²) < 4.78 is 0. The van der Waals surface area contributed by atoms with Crippen LogP contribution < -0.4 is 10.6 Å². The van der Waals surface area contributed by atoms with E-state index in [4.69, 9.17) is 0 Å². The van der Waals surface area contributed by atoms with Crippen LogP contribution >= 0.6 is 0 Å². The Kier molecular flexibility index (Phi) is 4.48. The van der Waals surface area contributed by atoms with Crippen LogP contribution in [-0.4, -0.2) is 24.5 Å². The lowest BCUT2D eigenvalue weighted by molar-refractivity contribution is 0.0920. The molecular weight excluding hydrogens is 248 g/mol. The molecule has 2 unspecified atom stereocenters. The van der Waals surface area contributed by atoms with Crippen molar-refractivity contribution in [3.8, 4) is 0 Å². The van der Waals surface area contributed by atoms with Gasteiger partial charge in [-0.15, -0.1) is 0 Å². The Morgan fingerprint density at radius 1 is 1.25 bits per heavy atom. The normalized spacial score (nSPS) is 23.4. The zero-order valence-corrected chi connectivity index (χ0v) is 13.0.